The molecule has 1 unspecified atom stereocenters. The first-order valence-electron chi connectivity index (χ1n) is 7.65. The van der Waals surface area contributed by atoms with E-state index in [9.17, 15) is 4.79 Å². The van der Waals surface area contributed by atoms with E-state index < -0.39 is 5.97 Å². The van der Waals surface area contributed by atoms with Crippen LogP contribution in [0.15, 0.2) is 22.3 Å². The number of carbonyl (C=O) groups is 1. The summed E-state index contributed by atoms with van der Waals surface area (Å²) >= 11 is 0. The maximum Gasteiger partial charge on any atom is 3.00 e. The smallest absolute Gasteiger partial charge is 0.481 e. The predicted molar refractivity (Wildman–Crippen MR) is 90.6 cm³/mol. The van der Waals surface area contributed by atoms with Crippen molar-refractivity contribution in [1.29, 1.82) is 0 Å². The van der Waals surface area contributed by atoms with Crippen molar-refractivity contribution in [2.45, 2.75) is 65.2 Å². The first kappa shape index (κ1) is 23.8. The number of hydrogen-bond acceptors (Lipinski definition) is 1. The first-order valence-corrected chi connectivity index (χ1v) is 7.65. The molecule has 0 bridgehead atoms. The number of carboxylic acids is 1. The van der Waals surface area contributed by atoms with Gasteiger partial charge in [-0.05, 0) is 25.2 Å². The van der Waals surface area contributed by atoms with Crippen molar-refractivity contribution in [3.8, 4) is 0 Å². The molecule has 1 radical (unpaired) electrons. The predicted octanol–water partition coefficient (Wildman–Crippen LogP) is 5.57. The Morgan fingerprint density at radius 3 is 2.27 bits per heavy atom. The molecule has 2 nitrogen and oxygen atoms in total. The number of rotatable bonds is 1. The van der Waals surface area contributed by atoms with E-state index in [1.807, 2.05) is 0 Å². The van der Waals surface area contributed by atoms with Gasteiger partial charge in [0.2, 0.25) is 0 Å². The van der Waals surface area contributed by atoms with E-state index >= 15 is 0 Å². The Balaban J connectivity index is 0. The van der Waals surface area contributed by atoms with Crippen molar-refractivity contribution in [3.63, 3.8) is 0 Å². The van der Waals surface area contributed by atoms with Gasteiger partial charge in [-0.15, -0.1) is 12.0 Å². The minimum atomic E-state index is -0.745. The monoisotopic (exact) mass is 339 g/mol. The Morgan fingerprint density at radius 1 is 1.14 bits per heavy atom. The Kier molecular flexibility index (Phi) is 12.0. The Labute approximate surface area is 152 Å². The number of carboxylic acid groups (broad SMARTS) is 1. The van der Waals surface area contributed by atoms with Crippen LogP contribution in [0.4, 0.5) is 0 Å². The van der Waals surface area contributed by atoms with E-state index in [-0.39, 0.29) is 43.0 Å². The zero-order valence-corrected chi connectivity index (χ0v) is 16.2. The van der Waals surface area contributed by atoms with Crippen LogP contribution >= 0.6 is 0 Å². The molecular weight excluding hydrogens is 308 g/mol. The van der Waals surface area contributed by atoms with Gasteiger partial charge in [0.15, 0.2) is 0 Å². The fourth-order valence-corrected chi connectivity index (χ4v) is 3.51. The first-order chi connectivity index (χ1) is 9.15. The molecule has 0 saturated carbocycles. The van der Waals surface area contributed by atoms with E-state index in [0.29, 0.717) is 0 Å². The van der Waals surface area contributed by atoms with Gasteiger partial charge in [-0.1, -0.05) is 38.7 Å². The molecule has 123 valence electrons. The Hall–Kier alpha value is -0.466. The van der Waals surface area contributed by atoms with Crippen molar-refractivity contribution in [2.24, 2.45) is 5.92 Å². The molecule has 3 heteroatoms. The molecule has 0 aliphatic heterocycles. The van der Waals surface area contributed by atoms with Crippen molar-refractivity contribution >= 4 is 5.97 Å². The van der Waals surface area contributed by atoms with Crippen molar-refractivity contribution in [1.82, 2.24) is 0 Å². The maximum atomic E-state index is 9.37. The van der Waals surface area contributed by atoms with Gasteiger partial charge in [0.1, 0.15) is 0 Å². The summed E-state index contributed by atoms with van der Waals surface area (Å²) in [5, 5.41) is 7.72. The van der Waals surface area contributed by atoms with Crippen LogP contribution in [0, 0.1) is 27.2 Å². The molecule has 0 aromatic heterocycles. The van der Waals surface area contributed by atoms with E-state index in [2.05, 4.69) is 13.3 Å². The second-order valence-electron chi connectivity index (χ2n) is 5.71. The van der Waals surface area contributed by atoms with Gasteiger partial charge in [-0.3, -0.25) is 4.79 Å². The van der Waals surface area contributed by atoms with Crippen LogP contribution < -0.4 is 0 Å². The van der Waals surface area contributed by atoms with E-state index in [1.54, 1.807) is 29.2 Å². The quantitative estimate of drug-likeness (QED) is 0.501. The van der Waals surface area contributed by atoms with Crippen LogP contribution in [0.25, 0.3) is 0 Å². The standard InChI is InChI=1S/C14H19.C3H6O2.2CH3.Ti/c1-10-11-6-2-4-8-13(11)14-9-5-3-7-12(10)14;1-2-3(4)5;;;/h6,10H,2-5,7-9H2,1H3;2H2,1H3,(H,4,5);2*1H3;/q-1;;2*-1;+3. The average Bonchev–Trinajstić information content (AvgIpc) is 2.74. The van der Waals surface area contributed by atoms with Gasteiger partial charge in [0.05, 0.1) is 0 Å². The molecule has 3 rings (SSSR count). The summed E-state index contributed by atoms with van der Waals surface area (Å²) < 4.78 is 0. The normalized spacial score (nSPS) is 21.6. The van der Waals surface area contributed by atoms with E-state index in [1.165, 1.54) is 44.9 Å². The number of aliphatic carboxylic acids is 1. The number of fused-ring (bicyclic) bond motifs is 1. The third-order valence-electron chi connectivity index (χ3n) is 4.51. The molecule has 0 saturated heterocycles. The SMILES string of the molecule is CC1C2=C(CCC[CH-]2)C2=C1CCCC2.CCC(=O)O.[CH3-].[CH3-].[Ti+3]. The maximum absolute atomic E-state index is 9.37. The zero-order chi connectivity index (χ0) is 13.8. The fraction of sp³-hybridized carbons (Fsp3) is 0.579. The molecule has 0 amide bonds. The number of allylic oxidation sites excluding steroid dienone is 4. The summed E-state index contributed by atoms with van der Waals surface area (Å²) in [6.07, 6.45) is 12.5. The van der Waals surface area contributed by atoms with E-state index in [4.69, 9.17) is 5.11 Å². The van der Waals surface area contributed by atoms with Crippen LogP contribution in [0.2, 0.25) is 0 Å². The molecule has 1 atom stereocenters. The summed E-state index contributed by atoms with van der Waals surface area (Å²) in [6.45, 7) is 4.02. The largest absolute Gasteiger partial charge is 3.00 e. The topological polar surface area (TPSA) is 37.3 Å². The van der Waals surface area contributed by atoms with Gasteiger partial charge < -0.3 is 20.0 Å². The molecule has 3 aliphatic carbocycles. The second kappa shape index (κ2) is 11.1. The third-order valence-corrected chi connectivity index (χ3v) is 4.51. The van der Waals surface area contributed by atoms with Gasteiger partial charge in [-0.25, -0.2) is 12.0 Å². The summed E-state index contributed by atoms with van der Waals surface area (Å²) in [5.41, 5.74) is 7.07. The van der Waals surface area contributed by atoms with Crippen molar-refractivity contribution < 1.29 is 31.6 Å². The number of hydrogen-bond donors (Lipinski definition) is 1. The summed E-state index contributed by atoms with van der Waals surface area (Å²) in [6, 6.07) is 0. The molecular formula is C19H31O2Ti. The zero-order valence-electron chi connectivity index (χ0n) is 14.7. The van der Waals surface area contributed by atoms with Gasteiger partial charge in [-0.2, -0.15) is 5.57 Å². The van der Waals surface area contributed by atoms with Crippen molar-refractivity contribution in [3.05, 3.63) is 43.6 Å². The fourth-order valence-electron chi connectivity index (χ4n) is 3.51. The average molecular weight is 339 g/mol. The molecule has 0 aromatic rings. The van der Waals surface area contributed by atoms with Crippen molar-refractivity contribution in [2.75, 3.05) is 0 Å². The van der Waals surface area contributed by atoms with Gasteiger partial charge in [0.25, 0.3) is 0 Å². The molecule has 0 aromatic carbocycles. The molecule has 0 heterocycles. The summed E-state index contributed by atoms with van der Waals surface area (Å²) in [7, 11) is 0. The van der Waals surface area contributed by atoms with E-state index in [0.717, 1.165) is 5.92 Å². The minimum absolute atomic E-state index is 0. The molecule has 3 aliphatic rings. The molecule has 0 spiro atoms. The van der Waals surface area contributed by atoms with Crippen LogP contribution in [0.1, 0.15) is 65.2 Å². The van der Waals surface area contributed by atoms with Crippen LogP contribution in [0.5, 0.6) is 0 Å². The van der Waals surface area contributed by atoms with Crippen LogP contribution in [-0.2, 0) is 26.5 Å². The van der Waals surface area contributed by atoms with Crippen LogP contribution in [-0.4, -0.2) is 11.1 Å². The Morgan fingerprint density at radius 2 is 1.68 bits per heavy atom. The minimum Gasteiger partial charge on any atom is -0.481 e. The Bertz CT molecular complexity index is 389. The third kappa shape index (κ3) is 5.31. The summed E-state index contributed by atoms with van der Waals surface area (Å²) in [4.78, 5) is 9.37. The summed E-state index contributed by atoms with van der Waals surface area (Å²) in [5.74, 6) is 0.0330. The van der Waals surface area contributed by atoms with Gasteiger partial charge in [0, 0.05) is 6.42 Å². The molecule has 1 N–H and O–H groups in total. The molecule has 0 fully saturated rings. The second-order valence-corrected chi connectivity index (χ2v) is 5.71. The molecule has 22 heavy (non-hydrogen) atoms. The van der Waals surface area contributed by atoms with Gasteiger partial charge >= 0.3 is 27.7 Å². The van der Waals surface area contributed by atoms with Crippen LogP contribution in [0.3, 0.4) is 0 Å².